The Morgan fingerprint density at radius 2 is 1.95 bits per heavy atom. The number of likely N-dealkylation sites (N-methyl/N-ethyl adjacent to an activating group) is 1. The summed E-state index contributed by atoms with van der Waals surface area (Å²) in [6, 6.07) is 1.86. The fraction of sp³-hybridized carbons (Fsp3) is 0.438. The first-order chi connectivity index (χ1) is 10.4. The quantitative estimate of drug-likeness (QED) is 0.685. The number of aromatic nitrogens is 1. The topological polar surface area (TPSA) is 71.4 Å². The molecule has 6 heteroatoms. The van der Waals surface area contributed by atoms with Crippen LogP contribution in [0.3, 0.4) is 0 Å². The molecule has 0 bridgehead atoms. The molecule has 1 aliphatic heterocycles. The van der Waals surface area contributed by atoms with Crippen molar-refractivity contribution in [1.82, 2.24) is 14.8 Å². The molecule has 22 heavy (non-hydrogen) atoms. The highest BCUT2D eigenvalue weighted by molar-refractivity contribution is 6.31. The summed E-state index contributed by atoms with van der Waals surface area (Å²) in [6.45, 7) is 5.95. The Bertz CT molecular complexity index is 710. The predicted octanol–water partition coefficient (Wildman–Crippen LogP) is 1.92. The smallest absolute Gasteiger partial charge is 0.331 e. The van der Waals surface area contributed by atoms with E-state index < -0.39 is 17.8 Å². The number of hydrogen-bond donors (Lipinski definition) is 1. The molecule has 2 aliphatic rings. The van der Waals surface area contributed by atoms with E-state index >= 15 is 0 Å². The van der Waals surface area contributed by atoms with E-state index in [1.807, 2.05) is 19.9 Å². The zero-order valence-corrected chi connectivity index (χ0v) is 13.0. The van der Waals surface area contributed by atoms with Gasteiger partial charge in [0.1, 0.15) is 5.57 Å². The zero-order valence-electron chi connectivity index (χ0n) is 13.0. The van der Waals surface area contributed by atoms with E-state index in [2.05, 4.69) is 9.88 Å². The van der Waals surface area contributed by atoms with Gasteiger partial charge in [0.2, 0.25) is 0 Å². The Hall–Kier alpha value is -2.37. The number of barbiturate groups is 1. The maximum atomic E-state index is 12.3. The number of nitrogens with one attached hydrogen (secondary N) is 1. The Morgan fingerprint density at radius 1 is 1.27 bits per heavy atom. The summed E-state index contributed by atoms with van der Waals surface area (Å²) >= 11 is 0. The molecule has 1 aromatic rings. The number of amides is 4. The first-order valence-electron chi connectivity index (χ1n) is 7.51. The molecule has 4 amide bonds. The Balaban J connectivity index is 2.00. The van der Waals surface area contributed by atoms with E-state index in [0.717, 1.165) is 21.9 Å². The standard InChI is InChI=1S/C16H19N3O3/c1-4-18-15(21)13(14(20)17-16(18)22)8-11-7-9(2)19(10(11)3)12-5-6-12/h7-8,12H,4-6H2,1-3H3,(H,17,20,22)/b13-8-. The Morgan fingerprint density at radius 3 is 2.55 bits per heavy atom. The second kappa shape index (κ2) is 5.12. The number of urea groups is 1. The van der Waals surface area contributed by atoms with Crippen molar-refractivity contribution in [3.63, 3.8) is 0 Å². The fourth-order valence-electron chi connectivity index (χ4n) is 2.98. The first kappa shape index (κ1) is 14.6. The molecule has 1 aliphatic carbocycles. The monoisotopic (exact) mass is 301 g/mol. The zero-order chi connectivity index (χ0) is 16.0. The number of imide groups is 2. The van der Waals surface area contributed by atoms with Crippen molar-refractivity contribution in [2.45, 2.75) is 39.7 Å². The highest BCUT2D eigenvalue weighted by Crippen LogP contribution is 2.38. The number of carbonyl (C=O) groups is 3. The molecule has 3 rings (SSSR count). The van der Waals surface area contributed by atoms with E-state index in [1.165, 1.54) is 12.8 Å². The van der Waals surface area contributed by atoms with Crippen molar-refractivity contribution in [2.75, 3.05) is 6.54 Å². The molecule has 0 unspecified atom stereocenters. The number of nitrogens with zero attached hydrogens (tertiary/aromatic N) is 2. The van der Waals surface area contributed by atoms with Crippen LogP contribution >= 0.6 is 0 Å². The summed E-state index contributed by atoms with van der Waals surface area (Å²) < 4.78 is 2.25. The maximum absolute atomic E-state index is 12.3. The molecule has 2 fully saturated rings. The number of carbonyl (C=O) groups excluding carboxylic acids is 3. The molecule has 1 saturated carbocycles. The van der Waals surface area contributed by atoms with Gasteiger partial charge in [-0.05, 0) is 51.3 Å². The molecule has 1 saturated heterocycles. The lowest BCUT2D eigenvalue weighted by Crippen LogP contribution is -2.53. The molecule has 1 aromatic heterocycles. The molecule has 0 aromatic carbocycles. The van der Waals surface area contributed by atoms with Gasteiger partial charge < -0.3 is 4.57 Å². The molecule has 1 N–H and O–H groups in total. The second-order valence-corrected chi connectivity index (χ2v) is 5.79. The molecule has 2 heterocycles. The van der Waals surface area contributed by atoms with Gasteiger partial charge >= 0.3 is 6.03 Å². The Kier molecular flexibility index (Phi) is 3.39. The number of aryl methyl sites for hydroxylation is 1. The van der Waals surface area contributed by atoms with Gasteiger partial charge in [0.15, 0.2) is 0 Å². The van der Waals surface area contributed by atoms with Crippen molar-refractivity contribution in [1.29, 1.82) is 0 Å². The fourth-order valence-corrected chi connectivity index (χ4v) is 2.98. The van der Waals surface area contributed by atoms with Crippen LogP contribution in [0.15, 0.2) is 11.6 Å². The van der Waals surface area contributed by atoms with Crippen LogP contribution < -0.4 is 5.32 Å². The summed E-state index contributed by atoms with van der Waals surface area (Å²) in [7, 11) is 0. The van der Waals surface area contributed by atoms with Crippen LogP contribution in [-0.4, -0.2) is 33.9 Å². The van der Waals surface area contributed by atoms with Gasteiger partial charge in [-0.15, -0.1) is 0 Å². The SMILES string of the molecule is CCN1C(=O)NC(=O)/C(=C/c2cc(C)n(C3CC3)c2C)C1=O. The minimum absolute atomic E-state index is 0.0116. The van der Waals surface area contributed by atoms with Crippen LogP contribution in [0.2, 0.25) is 0 Å². The molecule has 0 radical (unpaired) electrons. The van der Waals surface area contributed by atoms with Gasteiger partial charge in [-0.3, -0.25) is 19.8 Å². The summed E-state index contributed by atoms with van der Waals surface area (Å²) in [5, 5.41) is 2.21. The summed E-state index contributed by atoms with van der Waals surface area (Å²) in [4.78, 5) is 36.9. The molecule has 0 atom stereocenters. The van der Waals surface area contributed by atoms with Crippen LogP contribution in [0.4, 0.5) is 4.79 Å². The number of rotatable bonds is 3. The van der Waals surface area contributed by atoms with E-state index in [-0.39, 0.29) is 12.1 Å². The van der Waals surface area contributed by atoms with E-state index in [4.69, 9.17) is 0 Å². The maximum Gasteiger partial charge on any atom is 0.331 e. The van der Waals surface area contributed by atoms with E-state index in [1.54, 1.807) is 13.0 Å². The van der Waals surface area contributed by atoms with E-state index in [0.29, 0.717) is 6.04 Å². The third kappa shape index (κ3) is 2.24. The molecular weight excluding hydrogens is 282 g/mol. The van der Waals surface area contributed by atoms with Crippen molar-refractivity contribution in [3.05, 3.63) is 28.6 Å². The van der Waals surface area contributed by atoms with Crippen molar-refractivity contribution < 1.29 is 14.4 Å². The molecule has 0 spiro atoms. The van der Waals surface area contributed by atoms with Gasteiger partial charge in [0.25, 0.3) is 11.8 Å². The summed E-state index contributed by atoms with van der Waals surface area (Å²) in [5.74, 6) is -1.16. The van der Waals surface area contributed by atoms with Crippen molar-refractivity contribution >= 4 is 23.9 Å². The van der Waals surface area contributed by atoms with Gasteiger partial charge in [0, 0.05) is 24.0 Å². The second-order valence-electron chi connectivity index (χ2n) is 5.79. The average molecular weight is 301 g/mol. The van der Waals surface area contributed by atoms with Crippen LogP contribution in [0, 0.1) is 13.8 Å². The van der Waals surface area contributed by atoms with Crippen molar-refractivity contribution in [3.8, 4) is 0 Å². The van der Waals surface area contributed by atoms with Crippen LogP contribution in [0.25, 0.3) is 6.08 Å². The lowest BCUT2D eigenvalue weighted by atomic mass is 10.1. The van der Waals surface area contributed by atoms with Gasteiger partial charge in [0.05, 0.1) is 0 Å². The molecular formula is C16H19N3O3. The summed E-state index contributed by atoms with van der Waals surface area (Å²) in [6.07, 6.45) is 3.93. The van der Waals surface area contributed by atoms with E-state index in [9.17, 15) is 14.4 Å². The normalized spacial score (nSPS) is 20.8. The summed E-state index contributed by atoms with van der Waals surface area (Å²) in [5.41, 5.74) is 3.04. The van der Waals surface area contributed by atoms with Crippen LogP contribution in [0.5, 0.6) is 0 Å². The van der Waals surface area contributed by atoms with Crippen molar-refractivity contribution in [2.24, 2.45) is 0 Å². The lowest BCUT2D eigenvalue weighted by molar-refractivity contribution is -0.129. The van der Waals surface area contributed by atoms with Gasteiger partial charge in [-0.25, -0.2) is 4.79 Å². The largest absolute Gasteiger partial charge is 0.346 e. The third-order valence-corrected chi connectivity index (χ3v) is 4.24. The molecule has 6 nitrogen and oxygen atoms in total. The highest BCUT2D eigenvalue weighted by Gasteiger charge is 2.35. The third-order valence-electron chi connectivity index (χ3n) is 4.24. The minimum atomic E-state index is -0.655. The first-order valence-corrected chi connectivity index (χ1v) is 7.51. The van der Waals surface area contributed by atoms with Crippen LogP contribution in [-0.2, 0) is 9.59 Å². The van der Waals surface area contributed by atoms with Crippen LogP contribution in [0.1, 0.15) is 42.8 Å². The predicted molar refractivity (Wildman–Crippen MR) is 81.1 cm³/mol. The average Bonchev–Trinajstić information content (AvgIpc) is 3.23. The minimum Gasteiger partial charge on any atom is -0.346 e. The molecule has 116 valence electrons. The number of hydrogen-bond acceptors (Lipinski definition) is 3. The Labute approximate surface area is 128 Å². The van der Waals surface area contributed by atoms with Gasteiger partial charge in [-0.2, -0.15) is 0 Å². The van der Waals surface area contributed by atoms with Gasteiger partial charge in [-0.1, -0.05) is 0 Å². The highest BCUT2D eigenvalue weighted by atomic mass is 16.2. The lowest BCUT2D eigenvalue weighted by Gasteiger charge is -2.24.